The molecule has 1 saturated heterocycles. The van der Waals surface area contributed by atoms with Gasteiger partial charge >= 0.3 is 0 Å². The van der Waals surface area contributed by atoms with Crippen LogP contribution in [0.25, 0.3) is 0 Å². The first-order chi connectivity index (χ1) is 9.13. The largest absolute Gasteiger partial charge is 0.389 e. The van der Waals surface area contributed by atoms with Gasteiger partial charge in [-0.05, 0) is 31.4 Å². The average molecular weight is 279 g/mol. The van der Waals surface area contributed by atoms with Gasteiger partial charge in [0.05, 0.1) is 11.7 Å². The van der Waals surface area contributed by atoms with Crippen LogP contribution in [0.15, 0.2) is 12.3 Å². The lowest BCUT2D eigenvalue weighted by molar-refractivity contribution is 0.0900. The molecule has 0 aromatic carbocycles. The van der Waals surface area contributed by atoms with Crippen LogP contribution in [0.5, 0.6) is 0 Å². The molecule has 0 bridgehead atoms. The molecule has 2 atom stereocenters. The van der Waals surface area contributed by atoms with Crippen LogP contribution in [-0.2, 0) is 4.74 Å². The Kier molecular flexibility index (Phi) is 4.71. The van der Waals surface area contributed by atoms with Crippen molar-refractivity contribution in [2.24, 2.45) is 11.7 Å². The number of aromatic nitrogens is 1. The summed E-state index contributed by atoms with van der Waals surface area (Å²) in [6.45, 7) is 5.86. The number of hydrogen-bond acceptors (Lipinski definition) is 4. The molecule has 0 spiro atoms. The smallest absolute Gasteiger partial charge is 0.136 e. The van der Waals surface area contributed by atoms with E-state index in [4.69, 9.17) is 22.7 Å². The van der Waals surface area contributed by atoms with E-state index in [0.717, 1.165) is 42.9 Å². The number of nitrogens with two attached hydrogens (primary N) is 1. The van der Waals surface area contributed by atoms with Gasteiger partial charge in [0.1, 0.15) is 10.8 Å². The summed E-state index contributed by atoms with van der Waals surface area (Å²) in [5.41, 5.74) is 7.69. The molecule has 2 heterocycles. The summed E-state index contributed by atoms with van der Waals surface area (Å²) in [5, 5.41) is 3.38. The van der Waals surface area contributed by atoms with Crippen LogP contribution in [-0.4, -0.2) is 29.2 Å². The van der Waals surface area contributed by atoms with E-state index in [1.54, 1.807) is 6.20 Å². The zero-order valence-corrected chi connectivity index (χ0v) is 12.3. The molecule has 0 radical (unpaired) electrons. The fraction of sp³-hybridized carbons (Fsp3) is 0.571. The van der Waals surface area contributed by atoms with Gasteiger partial charge in [-0.3, -0.25) is 0 Å². The van der Waals surface area contributed by atoms with Crippen LogP contribution >= 0.6 is 12.2 Å². The van der Waals surface area contributed by atoms with Crippen LogP contribution in [0.1, 0.15) is 30.9 Å². The molecule has 4 nitrogen and oxygen atoms in total. The third-order valence-corrected chi connectivity index (χ3v) is 3.89. The summed E-state index contributed by atoms with van der Waals surface area (Å²) in [6, 6.07) is 1.92. The molecule has 0 aliphatic carbocycles. The van der Waals surface area contributed by atoms with Crippen LogP contribution in [0.2, 0.25) is 0 Å². The van der Waals surface area contributed by atoms with Crippen LogP contribution < -0.4 is 11.1 Å². The van der Waals surface area contributed by atoms with Crippen molar-refractivity contribution in [3.63, 3.8) is 0 Å². The molecule has 2 rings (SSSR count). The molecule has 1 aliphatic rings. The van der Waals surface area contributed by atoms with Gasteiger partial charge in [-0.2, -0.15) is 0 Å². The molecular weight excluding hydrogens is 258 g/mol. The van der Waals surface area contributed by atoms with E-state index in [1.807, 2.05) is 13.0 Å². The van der Waals surface area contributed by atoms with E-state index in [0.29, 0.717) is 17.0 Å². The van der Waals surface area contributed by atoms with Crippen molar-refractivity contribution < 1.29 is 4.74 Å². The van der Waals surface area contributed by atoms with Crippen molar-refractivity contribution in [3.05, 3.63) is 23.4 Å². The van der Waals surface area contributed by atoms with Crippen LogP contribution in [0, 0.1) is 12.8 Å². The Balaban J connectivity index is 2.07. The second-order valence-electron chi connectivity index (χ2n) is 4.96. The molecule has 104 valence electrons. The van der Waals surface area contributed by atoms with Crippen LogP contribution in [0.4, 0.5) is 5.82 Å². The van der Waals surface area contributed by atoms with Gasteiger partial charge in [-0.25, -0.2) is 4.98 Å². The predicted molar refractivity (Wildman–Crippen MR) is 81.5 cm³/mol. The normalized spacial score (nSPS) is 22.4. The van der Waals surface area contributed by atoms with E-state index < -0.39 is 0 Å². The number of rotatable bonds is 5. The summed E-state index contributed by atoms with van der Waals surface area (Å²) in [4.78, 5) is 4.74. The number of aryl methyl sites for hydroxylation is 1. The molecular formula is C14H21N3OS. The number of hydrogen-bond donors (Lipinski definition) is 2. The van der Waals surface area contributed by atoms with Crippen molar-refractivity contribution in [2.45, 2.75) is 32.8 Å². The molecule has 0 amide bonds. The third kappa shape index (κ3) is 3.22. The lowest BCUT2D eigenvalue weighted by atomic mass is 9.99. The zero-order chi connectivity index (χ0) is 13.8. The van der Waals surface area contributed by atoms with E-state index >= 15 is 0 Å². The molecule has 19 heavy (non-hydrogen) atoms. The Morgan fingerprint density at radius 1 is 1.63 bits per heavy atom. The number of nitrogens with one attached hydrogen (secondary N) is 1. The minimum Gasteiger partial charge on any atom is -0.389 e. The molecule has 5 heteroatoms. The average Bonchev–Trinajstić information content (AvgIpc) is 2.83. The number of nitrogens with zero attached hydrogens (tertiary/aromatic N) is 1. The zero-order valence-electron chi connectivity index (χ0n) is 11.5. The van der Waals surface area contributed by atoms with Crippen molar-refractivity contribution in [1.82, 2.24) is 4.98 Å². The quantitative estimate of drug-likeness (QED) is 0.810. The van der Waals surface area contributed by atoms with Gasteiger partial charge in [-0.1, -0.05) is 19.1 Å². The van der Waals surface area contributed by atoms with E-state index in [2.05, 4.69) is 17.2 Å². The summed E-state index contributed by atoms with van der Waals surface area (Å²) in [6.07, 6.45) is 4.28. The highest BCUT2D eigenvalue weighted by molar-refractivity contribution is 7.80. The monoisotopic (exact) mass is 279 g/mol. The Hall–Kier alpha value is -1.20. The third-order valence-electron chi connectivity index (χ3n) is 3.69. The predicted octanol–water partition coefficient (Wildman–Crippen LogP) is 2.25. The molecule has 2 unspecified atom stereocenters. The first kappa shape index (κ1) is 14.2. The van der Waals surface area contributed by atoms with Crippen molar-refractivity contribution >= 4 is 23.0 Å². The lowest BCUT2D eigenvalue weighted by Crippen LogP contribution is -2.24. The van der Waals surface area contributed by atoms with Gasteiger partial charge in [0, 0.05) is 25.3 Å². The summed E-state index contributed by atoms with van der Waals surface area (Å²) >= 11 is 5.11. The molecule has 1 aromatic heterocycles. The second-order valence-corrected chi connectivity index (χ2v) is 5.40. The molecule has 0 saturated carbocycles. The van der Waals surface area contributed by atoms with Gasteiger partial charge in [-0.15, -0.1) is 0 Å². The number of pyridine rings is 1. The van der Waals surface area contributed by atoms with Gasteiger partial charge in [0.15, 0.2) is 0 Å². The summed E-state index contributed by atoms with van der Waals surface area (Å²) < 4.78 is 5.69. The lowest BCUT2D eigenvalue weighted by Gasteiger charge is -2.19. The number of anilines is 1. The fourth-order valence-corrected chi connectivity index (χ4v) is 2.87. The number of ether oxygens (including phenoxy) is 1. The molecule has 1 aromatic rings. The highest BCUT2D eigenvalue weighted by Crippen LogP contribution is 2.24. The van der Waals surface area contributed by atoms with Crippen molar-refractivity contribution in [1.29, 1.82) is 0 Å². The van der Waals surface area contributed by atoms with E-state index in [1.165, 1.54) is 0 Å². The van der Waals surface area contributed by atoms with Crippen molar-refractivity contribution in [2.75, 3.05) is 18.5 Å². The van der Waals surface area contributed by atoms with E-state index in [9.17, 15) is 0 Å². The maximum Gasteiger partial charge on any atom is 0.136 e. The van der Waals surface area contributed by atoms with E-state index in [-0.39, 0.29) is 0 Å². The summed E-state index contributed by atoms with van der Waals surface area (Å²) in [5.74, 6) is 1.32. The topological polar surface area (TPSA) is 60.2 Å². The second kappa shape index (κ2) is 6.30. The summed E-state index contributed by atoms with van der Waals surface area (Å²) in [7, 11) is 0. The van der Waals surface area contributed by atoms with Gasteiger partial charge < -0.3 is 15.8 Å². The van der Waals surface area contributed by atoms with Crippen LogP contribution in [0.3, 0.4) is 0 Å². The minimum absolute atomic E-state index is 0.352. The maximum atomic E-state index is 5.78. The number of thiocarbonyl (C=S) groups is 1. The Morgan fingerprint density at radius 2 is 2.42 bits per heavy atom. The van der Waals surface area contributed by atoms with Crippen molar-refractivity contribution in [3.8, 4) is 0 Å². The molecule has 1 fully saturated rings. The fourth-order valence-electron chi connectivity index (χ4n) is 2.61. The highest BCUT2D eigenvalue weighted by Gasteiger charge is 2.26. The Bertz CT molecular complexity index is 464. The van der Waals surface area contributed by atoms with Gasteiger partial charge in [0.25, 0.3) is 0 Å². The first-order valence-corrected chi connectivity index (χ1v) is 7.15. The Labute approximate surface area is 119 Å². The Morgan fingerprint density at radius 3 is 3.11 bits per heavy atom. The molecule has 1 aliphatic heterocycles. The maximum absolute atomic E-state index is 5.78. The minimum atomic E-state index is 0.352. The highest BCUT2D eigenvalue weighted by atomic mass is 32.1. The standard InChI is InChI=1S/C14H21N3OS/c1-3-11-10(5-7-18-11)8-17-14-12(13(15)19)9(2)4-6-16-14/h4,6,10-11H,3,5,7-8H2,1-2H3,(H2,15,19)(H,16,17). The first-order valence-electron chi connectivity index (χ1n) is 6.74. The molecule has 3 N–H and O–H groups in total. The SMILES string of the molecule is CCC1OCCC1CNc1nccc(C)c1C(N)=S. The van der Waals surface area contributed by atoms with Gasteiger partial charge in [0.2, 0.25) is 0 Å².